The number of aromatic amines is 1. The number of aliphatic carboxylic acids is 1. The summed E-state index contributed by atoms with van der Waals surface area (Å²) in [6.45, 7) is 4.00. The van der Waals surface area contributed by atoms with Gasteiger partial charge >= 0.3 is 5.97 Å². The minimum Gasteiger partial charge on any atom is -0.480 e. The molecule has 0 aliphatic heterocycles. The highest BCUT2D eigenvalue weighted by Crippen LogP contribution is 2.22. The van der Waals surface area contributed by atoms with E-state index < -0.39 is 12.0 Å². The maximum absolute atomic E-state index is 10.7. The van der Waals surface area contributed by atoms with E-state index in [2.05, 4.69) is 10.9 Å². The number of H-pyrrole nitrogens is 1. The molecule has 1 atom stereocenters. The van der Waals surface area contributed by atoms with Crippen molar-refractivity contribution in [3.63, 3.8) is 0 Å². The lowest BCUT2D eigenvalue weighted by molar-refractivity contribution is -0.138. The van der Waals surface area contributed by atoms with Crippen LogP contribution in [0.25, 0.3) is 10.9 Å². The van der Waals surface area contributed by atoms with E-state index in [1.807, 2.05) is 32.0 Å². The number of aromatic nitrogens is 1. The molecule has 0 saturated heterocycles. The van der Waals surface area contributed by atoms with Crippen LogP contribution in [0, 0.1) is 12.3 Å². The average molecular weight is 258 g/mol. The fourth-order valence-electron chi connectivity index (χ4n) is 1.83. The molecule has 1 aromatic carbocycles. The van der Waals surface area contributed by atoms with Gasteiger partial charge in [-0.25, -0.2) is 0 Å². The average Bonchev–Trinajstić information content (AvgIpc) is 2.84. The largest absolute Gasteiger partial charge is 0.480 e. The third kappa shape index (κ3) is 3.15. The second-order valence-electron chi connectivity index (χ2n) is 3.84. The molecule has 0 aliphatic carbocycles. The lowest BCUT2D eigenvalue weighted by Crippen LogP contribution is -2.32. The molecule has 0 saturated carbocycles. The minimum absolute atomic E-state index is 0.281. The summed E-state index contributed by atoms with van der Waals surface area (Å²) >= 11 is 0. The van der Waals surface area contributed by atoms with Crippen LogP contribution in [-0.4, -0.2) is 22.1 Å². The number of carboxylic acid groups (broad SMARTS) is 1. The van der Waals surface area contributed by atoms with Crippen molar-refractivity contribution in [2.45, 2.75) is 26.3 Å². The quantitative estimate of drug-likeness (QED) is 0.738. The first-order valence-corrected chi connectivity index (χ1v) is 6.17. The Bertz CT molecular complexity index is 608. The number of para-hydroxylation sites is 1. The summed E-state index contributed by atoms with van der Waals surface area (Å²) in [5.74, 6) is 1.57. The van der Waals surface area contributed by atoms with E-state index in [4.69, 9.17) is 17.3 Å². The summed E-state index contributed by atoms with van der Waals surface area (Å²) in [6.07, 6.45) is 7.43. The summed E-state index contributed by atoms with van der Waals surface area (Å²) < 4.78 is 0. The predicted molar refractivity (Wildman–Crippen MR) is 76.9 cm³/mol. The zero-order valence-corrected chi connectivity index (χ0v) is 11.1. The molecule has 0 aliphatic rings. The number of carboxylic acids is 1. The SMILES string of the molecule is C#Cc1cccc2c(CC(N)C(=O)O)c[nH]c12.CC. The summed E-state index contributed by atoms with van der Waals surface area (Å²) in [4.78, 5) is 13.8. The van der Waals surface area contributed by atoms with Crippen molar-refractivity contribution in [1.82, 2.24) is 4.98 Å². The van der Waals surface area contributed by atoms with Crippen LogP contribution >= 0.6 is 0 Å². The third-order valence-corrected chi connectivity index (χ3v) is 2.71. The van der Waals surface area contributed by atoms with Crippen LogP contribution in [0.1, 0.15) is 25.0 Å². The lowest BCUT2D eigenvalue weighted by Gasteiger charge is -2.04. The number of terminal acetylenes is 1. The Morgan fingerprint density at radius 3 is 2.79 bits per heavy atom. The van der Waals surface area contributed by atoms with E-state index in [0.29, 0.717) is 0 Å². The van der Waals surface area contributed by atoms with Crippen LogP contribution in [0.15, 0.2) is 24.4 Å². The predicted octanol–water partition coefficient (Wildman–Crippen LogP) is 2.13. The molecule has 0 spiro atoms. The van der Waals surface area contributed by atoms with Gasteiger partial charge in [0.25, 0.3) is 0 Å². The van der Waals surface area contributed by atoms with Crippen LogP contribution in [0.4, 0.5) is 0 Å². The van der Waals surface area contributed by atoms with Crippen LogP contribution in [0.5, 0.6) is 0 Å². The number of hydrogen-bond acceptors (Lipinski definition) is 2. The van der Waals surface area contributed by atoms with Gasteiger partial charge in [0.05, 0.1) is 5.52 Å². The number of carbonyl (C=O) groups is 1. The highest BCUT2D eigenvalue weighted by Gasteiger charge is 2.15. The molecule has 4 nitrogen and oxygen atoms in total. The first-order valence-electron chi connectivity index (χ1n) is 6.17. The summed E-state index contributed by atoms with van der Waals surface area (Å²) in [7, 11) is 0. The van der Waals surface area contributed by atoms with Crippen molar-refractivity contribution in [3.8, 4) is 12.3 Å². The maximum atomic E-state index is 10.7. The number of rotatable bonds is 3. The Balaban J connectivity index is 0.000000861. The van der Waals surface area contributed by atoms with E-state index in [1.165, 1.54) is 0 Å². The summed E-state index contributed by atoms with van der Waals surface area (Å²) in [5, 5.41) is 9.71. The van der Waals surface area contributed by atoms with Gasteiger partial charge < -0.3 is 15.8 Å². The molecule has 2 aromatic rings. The molecular weight excluding hydrogens is 240 g/mol. The molecule has 2 rings (SSSR count). The van der Waals surface area contributed by atoms with Crippen molar-refractivity contribution in [1.29, 1.82) is 0 Å². The Morgan fingerprint density at radius 1 is 1.53 bits per heavy atom. The van der Waals surface area contributed by atoms with E-state index in [9.17, 15) is 4.79 Å². The van der Waals surface area contributed by atoms with Crippen molar-refractivity contribution in [3.05, 3.63) is 35.5 Å². The van der Waals surface area contributed by atoms with Gasteiger partial charge in [0.15, 0.2) is 0 Å². The fourth-order valence-corrected chi connectivity index (χ4v) is 1.83. The Morgan fingerprint density at radius 2 is 2.21 bits per heavy atom. The molecule has 19 heavy (non-hydrogen) atoms. The van der Waals surface area contributed by atoms with Gasteiger partial charge in [-0.2, -0.15) is 0 Å². The minimum atomic E-state index is -1.01. The number of benzene rings is 1. The standard InChI is InChI=1S/C13H12N2O2.C2H6/c1-2-8-4-3-5-10-9(7-15-12(8)10)6-11(14)13(16)17;1-2/h1,3-5,7,11,15H,6,14H2,(H,16,17);1-2H3. The third-order valence-electron chi connectivity index (χ3n) is 2.71. The van der Waals surface area contributed by atoms with E-state index in [0.717, 1.165) is 22.0 Å². The number of nitrogens with two attached hydrogens (primary N) is 1. The Hall–Kier alpha value is -2.25. The Labute approximate surface area is 112 Å². The zero-order valence-electron chi connectivity index (χ0n) is 11.1. The molecule has 1 heterocycles. The highest BCUT2D eigenvalue weighted by atomic mass is 16.4. The molecule has 1 aromatic heterocycles. The molecule has 1 unspecified atom stereocenters. The van der Waals surface area contributed by atoms with Crippen LogP contribution in [0.2, 0.25) is 0 Å². The first-order chi connectivity index (χ1) is 9.13. The highest BCUT2D eigenvalue weighted by molar-refractivity contribution is 5.88. The molecule has 0 amide bonds. The Kier molecular flexibility index (Phi) is 5.16. The van der Waals surface area contributed by atoms with E-state index in [-0.39, 0.29) is 6.42 Å². The van der Waals surface area contributed by atoms with Crippen LogP contribution < -0.4 is 5.73 Å². The number of nitrogens with one attached hydrogen (secondary N) is 1. The molecule has 0 radical (unpaired) electrons. The van der Waals surface area contributed by atoms with Crippen molar-refractivity contribution >= 4 is 16.9 Å². The normalized spacial score (nSPS) is 11.3. The molecule has 0 fully saturated rings. The van der Waals surface area contributed by atoms with E-state index in [1.54, 1.807) is 6.20 Å². The van der Waals surface area contributed by atoms with Gasteiger partial charge in [-0.05, 0) is 11.6 Å². The van der Waals surface area contributed by atoms with Gasteiger partial charge in [-0.1, -0.05) is 31.9 Å². The topological polar surface area (TPSA) is 79.1 Å². The summed E-state index contributed by atoms with van der Waals surface area (Å²) in [6, 6.07) is 4.68. The molecule has 100 valence electrons. The van der Waals surface area contributed by atoms with Crippen LogP contribution in [-0.2, 0) is 11.2 Å². The van der Waals surface area contributed by atoms with Gasteiger partial charge in [-0.15, -0.1) is 6.42 Å². The summed E-state index contributed by atoms with van der Waals surface area (Å²) in [5.41, 5.74) is 7.99. The fraction of sp³-hybridized carbons (Fsp3) is 0.267. The number of fused-ring (bicyclic) bond motifs is 1. The van der Waals surface area contributed by atoms with Crippen LogP contribution in [0.3, 0.4) is 0 Å². The first kappa shape index (κ1) is 14.8. The second-order valence-corrected chi connectivity index (χ2v) is 3.84. The van der Waals surface area contributed by atoms with Gasteiger partial charge in [0.2, 0.25) is 0 Å². The van der Waals surface area contributed by atoms with Gasteiger partial charge in [0.1, 0.15) is 6.04 Å². The van der Waals surface area contributed by atoms with Crippen molar-refractivity contribution in [2.75, 3.05) is 0 Å². The molecule has 4 N–H and O–H groups in total. The maximum Gasteiger partial charge on any atom is 0.320 e. The smallest absolute Gasteiger partial charge is 0.320 e. The van der Waals surface area contributed by atoms with Gasteiger partial charge in [0, 0.05) is 23.6 Å². The number of hydrogen-bond donors (Lipinski definition) is 3. The van der Waals surface area contributed by atoms with Crippen molar-refractivity contribution < 1.29 is 9.90 Å². The molecular formula is C15H18N2O2. The molecule has 4 heteroatoms. The second kappa shape index (κ2) is 6.62. The monoisotopic (exact) mass is 258 g/mol. The van der Waals surface area contributed by atoms with E-state index >= 15 is 0 Å². The lowest BCUT2D eigenvalue weighted by atomic mass is 10.0. The van der Waals surface area contributed by atoms with Gasteiger partial charge in [-0.3, -0.25) is 4.79 Å². The molecule has 0 bridgehead atoms. The zero-order chi connectivity index (χ0) is 14.4. The van der Waals surface area contributed by atoms with Crippen molar-refractivity contribution in [2.24, 2.45) is 5.73 Å².